The van der Waals surface area contributed by atoms with E-state index in [1.807, 2.05) is 11.8 Å². The van der Waals surface area contributed by atoms with Gasteiger partial charge in [-0.15, -0.1) is 0 Å². The second-order valence-corrected chi connectivity index (χ2v) is 8.76. The van der Waals surface area contributed by atoms with Crippen molar-refractivity contribution in [1.82, 2.24) is 9.97 Å². The third kappa shape index (κ3) is 3.49. The number of fused-ring (bicyclic) bond motifs is 1. The van der Waals surface area contributed by atoms with Crippen LogP contribution >= 0.6 is 0 Å². The lowest BCUT2D eigenvalue weighted by atomic mass is 10.0. The number of nitrogens with zero attached hydrogens (tertiary/aromatic N) is 4. The molecule has 3 heterocycles. The third-order valence-corrected chi connectivity index (χ3v) is 6.87. The highest BCUT2D eigenvalue weighted by atomic mass is 19.4. The molecule has 5 rings (SSSR count). The maximum Gasteiger partial charge on any atom is 0.434 e. The highest BCUT2D eigenvalue weighted by molar-refractivity contribution is 5.80. The number of halogens is 3. The van der Waals surface area contributed by atoms with Crippen molar-refractivity contribution in [2.45, 2.75) is 32.0 Å². The van der Waals surface area contributed by atoms with Crippen LogP contribution in [0.15, 0.2) is 30.3 Å². The molecule has 164 valence electrons. The normalized spacial score (nSPS) is 27.1. The van der Waals surface area contributed by atoms with Crippen molar-refractivity contribution in [3.63, 3.8) is 0 Å². The van der Waals surface area contributed by atoms with E-state index in [1.54, 1.807) is 35.2 Å². The Bertz CT molecular complexity index is 1000. The van der Waals surface area contributed by atoms with E-state index in [4.69, 9.17) is 5.11 Å². The van der Waals surface area contributed by atoms with Crippen LogP contribution in [0.3, 0.4) is 0 Å². The van der Waals surface area contributed by atoms with Gasteiger partial charge >= 0.3 is 12.1 Å². The van der Waals surface area contributed by atoms with E-state index in [0.29, 0.717) is 31.0 Å². The molecule has 1 aromatic carbocycles. The number of alkyl halides is 3. The smallest absolute Gasteiger partial charge is 0.434 e. The van der Waals surface area contributed by atoms with Crippen molar-refractivity contribution in [3.8, 4) is 11.1 Å². The van der Waals surface area contributed by atoms with Gasteiger partial charge in [0.05, 0.1) is 5.56 Å². The van der Waals surface area contributed by atoms with Gasteiger partial charge in [0.25, 0.3) is 0 Å². The first kappa shape index (κ1) is 20.1. The van der Waals surface area contributed by atoms with Crippen molar-refractivity contribution in [2.75, 3.05) is 29.4 Å². The van der Waals surface area contributed by atoms with Crippen molar-refractivity contribution in [3.05, 3.63) is 36.0 Å². The minimum absolute atomic E-state index is 0.00103. The first-order chi connectivity index (χ1) is 14.7. The monoisotopic (exact) mass is 432 g/mol. The molecule has 4 atom stereocenters. The number of carboxylic acids is 1. The predicted octanol–water partition coefficient (Wildman–Crippen LogP) is 3.92. The molecule has 1 unspecified atom stereocenters. The largest absolute Gasteiger partial charge is 0.481 e. The van der Waals surface area contributed by atoms with Crippen LogP contribution in [-0.2, 0) is 11.0 Å². The molecule has 1 aliphatic carbocycles. The molecule has 2 saturated heterocycles. The van der Waals surface area contributed by atoms with Gasteiger partial charge in [0.2, 0.25) is 5.95 Å². The Morgan fingerprint density at radius 2 is 1.84 bits per heavy atom. The summed E-state index contributed by atoms with van der Waals surface area (Å²) in [5.41, 5.74) is -0.489. The number of benzene rings is 1. The molecule has 6 nitrogen and oxygen atoms in total. The van der Waals surface area contributed by atoms with Gasteiger partial charge < -0.3 is 14.9 Å². The van der Waals surface area contributed by atoms with Crippen LogP contribution in [0.5, 0.6) is 0 Å². The summed E-state index contributed by atoms with van der Waals surface area (Å²) in [6.07, 6.45) is -3.62. The highest BCUT2D eigenvalue weighted by Crippen LogP contribution is 2.55. The topological polar surface area (TPSA) is 69.6 Å². The number of hydrogen-bond acceptors (Lipinski definition) is 5. The minimum atomic E-state index is -4.62. The van der Waals surface area contributed by atoms with Gasteiger partial charge in [0, 0.05) is 32.1 Å². The number of carboxylic acid groups (broad SMARTS) is 1. The summed E-state index contributed by atoms with van der Waals surface area (Å²) in [7, 11) is 0. The van der Waals surface area contributed by atoms with Gasteiger partial charge in [-0.2, -0.15) is 18.2 Å². The number of hydrogen-bond donors (Lipinski definition) is 1. The van der Waals surface area contributed by atoms with Gasteiger partial charge in [0.15, 0.2) is 5.69 Å². The SMILES string of the molecule is C[C@H]1CCN1c1nc(N2C[C@@H]3C(CC(=O)O)[C@@H]3C2)c(-c2ccccc2)c(C(F)(F)F)n1. The number of rotatable bonds is 5. The zero-order valence-corrected chi connectivity index (χ0v) is 17.0. The van der Waals surface area contributed by atoms with E-state index >= 15 is 0 Å². The lowest BCUT2D eigenvalue weighted by Crippen LogP contribution is -2.47. The molecule has 1 aromatic heterocycles. The predicted molar refractivity (Wildman–Crippen MR) is 109 cm³/mol. The fourth-order valence-corrected chi connectivity index (χ4v) is 5.01. The zero-order valence-electron chi connectivity index (χ0n) is 17.0. The fourth-order valence-electron chi connectivity index (χ4n) is 5.01. The molecule has 3 aliphatic rings. The van der Waals surface area contributed by atoms with Crippen LogP contribution in [0.25, 0.3) is 11.1 Å². The molecule has 2 aromatic rings. The summed E-state index contributed by atoms with van der Waals surface area (Å²) in [6, 6.07) is 8.56. The lowest BCUT2D eigenvalue weighted by molar-refractivity contribution is -0.140. The van der Waals surface area contributed by atoms with Gasteiger partial charge in [-0.25, -0.2) is 4.98 Å². The summed E-state index contributed by atoms with van der Waals surface area (Å²) in [4.78, 5) is 23.4. The van der Waals surface area contributed by atoms with E-state index < -0.39 is 17.8 Å². The van der Waals surface area contributed by atoms with E-state index in [-0.39, 0.29) is 41.7 Å². The van der Waals surface area contributed by atoms with E-state index in [2.05, 4.69) is 9.97 Å². The van der Waals surface area contributed by atoms with Crippen molar-refractivity contribution < 1.29 is 23.1 Å². The number of anilines is 2. The van der Waals surface area contributed by atoms with Crippen molar-refractivity contribution in [1.29, 1.82) is 0 Å². The zero-order chi connectivity index (χ0) is 21.9. The molecule has 0 spiro atoms. The average molecular weight is 432 g/mol. The van der Waals surface area contributed by atoms with Crippen LogP contribution in [0, 0.1) is 17.8 Å². The third-order valence-electron chi connectivity index (χ3n) is 6.87. The minimum Gasteiger partial charge on any atom is -0.481 e. The van der Waals surface area contributed by atoms with E-state index in [1.165, 1.54) is 0 Å². The van der Waals surface area contributed by atoms with Crippen molar-refractivity contribution in [2.24, 2.45) is 17.8 Å². The maximum atomic E-state index is 14.2. The Hall–Kier alpha value is -2.84. The van der Waals surface area contributed by atoms with Crippen LogP contribution in [-0.4, -0.2) is 46.7 Å². The molecule has 3 fully saturated rings. The molecule has 31 heavy (non-hydrogen) atoms. The quantitative estimate of drug-likeness (QED) is 0.773. The Kier molecular flexibility index (Phi) is 4.60. The number of aliphatic carboxylic acids is 1. The molecule has 9 heteroatoms. The van der Waals surface area contributed by atoms with Crippen molar-refractivity contribution >= 4 is 17.7 Å². The van der Waals surface area contributed by atoms with Gasteiger partial charge in [-0.1, -0.05) is 30.3 Å². The molecule has 0 amide bonds. The van der Waals surface area contributed by atoms with E-state index in [9.17, 15) is 18.0 Å². The summed E-state index contributed by atoms with van der Waals surface area (Å²) >= 11 is 0. The van der Waals surface area contributed by atoms with Crippen LogP contribution < -0.4 is 9.80 Å². The molecule has 2 aliphatic heterocycles. The summed E-state index contributed by atoms with van der Waals surface area (Å²) < 4.78 is 42.5. The summed E-state index contributed by atoms with van der Waals surface area (Å²) in [5.74, 6) is 0.0669. The first-order valence-electron chi connectivity index (χ1n) is 10.5. The van der Waals surface area contributed by atoms with Gasteiger partial charge in [0.1, 0.15) is 5.82 Å². The Balaban J connectivity index is 1.59. The first-order valence-corrected chi connectivity index (χ1v) is 10.5. The summed E-state index contributed by atoms with van der Waals surface area (Å²) in [6.45, 7) is 3.62. The maximum absolute atomic E-state index is 14.2. The molecule has 1 N–H and O–H groups in total. The lowest BCUT2D eigenvalue weighted by Gasteiger charge is -2.39. The second-order valence-electron chi connectivity index (χ2n) is 8.76. The Morgan fingerprint density at radius 3 is 2.35 bits per heavy atom. The van der Waals surface area contributed by atoms with Gasteiger partial charge in [-0.05, 0) is 36.7 Å². The van der Waals surface area contributed by atoms with E-state index in [0.717, 1.165) is 6.42 Å². The molecule has 0 bridgehead atoms. The van der Waals surface area contributed by atoms with Crippen LogP contribution in [0.4, 0.5) is 24.9 Å². The molecular weight excluding hydrogens is 409 g/mol. The molecular formula is C22H23F3N4O2. The summed E-state index contributed by atoms with van der Waals surface area (Å²) in [5, 5.41) is 9.07. The second kappa shape index (κ2) is 7.10. The van der Waals surface area contributed by atoms with Crippen LogP contribution in [0.2, 0.25) is 0 Å². The van der Waals surface area contributed by atoms with Crippen LogP contribution in [0.1, 0.15) is 25.5 Å². The van der Waals surface area contributed by atoms with Gasteiger partial charge in [-0.3, -0.25) is 4.79 Å². The fraction of sp³-hybridized carbons (Fsp3) is 0.500. The molecule has 1 saturated carbocycles. The molecule has 0 radical (unpaired) electrons. The number of piperidine rings is 1. The highest BCUT2D eigenvalue weighted by Gasteiger charge is 2.57. The number of aromatic nitrogens is 2. The Labute approximate surface area is 177 Å². The average Bonchev–Trinajstić information content (AvgIpc) is 3.13. The standard InChI is InChI=1S/C22H23F3N4O2/c1-12-7-8-29(12)21-26-19(22(23,24)25)18(13-5-3-2-4-6-13)20(27-21)28-10-15-14(9-17(30)31)16(15)11-28/h2-6,12,14-16H,7-11H2,1H3,(H,30,31)/t12-,14?,15-,16+/m0/s1. The Morgan fingerprint density at radius 1 is 1.16 bits per heavy atom. The number of carbonyl (C=O) groups is 1.